The zero-order valence-electron chi connectivity index (χ0n) is 9.29. The molecule has 0 aliphatic rings. The van der Waals surface area contributed by atoms with Gasteiger partial charge in [0.05, 0.1) is 0 Å². The molecule has 0 radical (unpaired) electrons. The molecule has 0 saturated heterocycles. The Kier molecular flexibility index (Phi) is 3.28. The largest absolute Gasteiger partial charge is 0.345 e. The van der Waals surface area contributed by atoms with Crippen molar-refractivity contribution in [3.8, 4) is 0 Å². The van der Waals surface area contributed by atoms with Gasteiger partial charge in [0.1, 0.15) is 0 Å². The van der Waals surface area contributed by atoms with Crippen molar-refractivity contribution in [2.24, 2.45) is 0 Å². The van der Waals surface area contributed by atoms with Crippen LogP contribution < -0.4 is 0 Å². The third kappa shape index (κ3) is 2.13. The van der Waals surface area contributed by atoms with Gasteiger partial charge in [0, 0.05) is 19.7 Å². The Balaban J connectivity index is 3.12. The minimum Gasteiger partial charge on any atom is -0.345 e. The van der Waals surface area contributed by atoms with Crippen molar-refractivity contribution in [2.75, 3.05) is 14.1 Å². The normalized spacial score (nSPS) is 10.0. The minimum atomic E-state index is 0.0813. The molecule has 0 atom stereocenters. The first-order valence-electron chi connectivity index (χ1n) is 4.87. The standard InChI is InChI=1S/C12H17NO/c1-5-10-7-6-9(2)11(8-10)12(14)13(3)4/h6-8H,5H2,1-4H3. The van der Waals surface area contributed by atoms with Crippen molar-refractivity contribution in [3.63, 3.8) is 0 Å². The second kappa shape index (κ2) is 4.27. The van der Waals surface area contributed by atoms with Crippen molar-refractivity contribution >= 4 is 5.91 Å². The van der Waals surface area contributed by atoms with Crippen LogP contribution in [0.15, 0.2) is 18.2 Å². The van der Waals surface area contributed by atoms with Gasteiger partial charge < -0.3 is 4.90 Å². The maximum absolute atomic E-state index is 11.8. The number of carbonyl (C=O) groups is 1. The smallest absolute Gasteiger partial charge is 0.253 e. The van der Waals surface area contributed by atoms with E-state index in [1.165, 1.54) is 5.56 Å². The minimum absolute atomic E-state index is 0.0813. The van der Waals surface area contributed by atoms with E-state index in [1.807, 2.05) is 19.1 Å². The van der Waals surface area contributed by atoms with E-state index in [-0.39, 0.29) is 5.91 Å². The van der Waals surface area contributed by atoms with E-state index >= 15 is 0 Å². The van der Waals surface area contributed by atoms with Gasteiger partial charge in [0.25, 0.3) is 5.91 Å². The summed E-state index contributed by atoms with van der Waals surface area (Å²) in [5.74, 6) is 0.0813. The van der Waals surface area contributed by atoms with Gasteiger partial charge in [-0.3, -0.25) is 4.79 Å². The molecule has 0 fully saturated rings. The van der Waals surface area contributed by atoms with E-state index in [0.717, 1.165) is 17.5 Å². The molecule has 0 bridgehead atoms. The quantitative estimate of drug-likeness (QED) is 0.702. The second-order valence-electron chi connectivity index (χ2n) is 3.70. The molecule has 1 amide bonds. The van der Waals surface area contributed by atoms with Gasteiger partial charge >= 0.3 is 0 Å². The average Bonchev–Trinajstić information content (AvgIpc) is 2.17. The molecule has 76 valence electrons. The first-order valence-corrected chi connectivity index (χ1v) is 4.87. The van der Waals surface area contributed by atoms with Gasteiger partial charge in [-0.05, 0) is 30.5 Å². The lowest BCUT2D eigenvalue weighted by atomic mass is 10.0. The molecular weight excluding hydrogens is 174 g/mol. The van der Waals surface area contributed by atoms with Gasteiger partial charge in [0.15, 0.2) is 0 Å². The third-order valence-corrected chi connectivity index (χ3v) is 2.35. The number of amides is 1. The Bertz CT molecular complexity index is 342. The highest BCUT2D eigenvalue weighted by atomic mass is 16.2. The third-order valence-electron chi connectivity index (χ3n) is 2.35. The lowest BCUT2D eigenvalue weighted by molar-refractivity contribution is 0.0827. The van der Waals surface area contributed by atoms with Gasteiger partial charge in [-0.2, -0.15) is 0 Å². The predicted molar refractivity (Wildman–Crippen MR) is 58.6 cm³/mol. The Morgan fingerprint density at radius 2 is 2.00 bits per heavy atom. The van der Waals surface area contributed by atoms with Crippen LogP contribution in [-0.4, -0.2) is 24.9 Å². The summed E-state index contributed by atoms with van der Waals surface area (Å²) in [7, 11) is 3.56. The molecule has 0 unspecified atom stereocenters. The van der Waals surface area contributed by atoms with Crippen molar-refractivity contribution in [2.45, 2.75) is 20.3 Å². The monoisotopic (exact) mass is 191 g/mol. The van der Waals surface area contributed by atoms with E-state index in [9.17, 15) is 4.79 Å². The lowest BCUT2D eigenvalue weighted by Crippen LogP contribution is -2.22. The predicted octanol–water partition coefficient (Wildman–Crippen LogP) is 2.26. The van der Waals surface area contributed by atoms with Crippen molar-refractivity contribution in [3.05, 3.63) is 34.9 Å². The van der Waals surface area contributed by atoms with Crippen LogP contribution in [0.25, 0.3) is 0 Å². The fourth-order valence-corrected chi connectivity index (χ4v) is 1.36. The molecule has 2 heteroatoms. The summed E-state index contributed by atoms with van der Waals surface area (Å²) in [6, 6.07) is 6.06. The first-order chi connectivity index (χ1) is 6.56. The fourth-order valence-electron chi connectivity index (χ4n) is 1.36. The highest BCUT2D eigenvalue weighted by Crippen LogP contribution is 2.13. The summed E-state index contributed by atoms with van der Waals surface area (Å²) >= 11 is 0. The summed E-state index contributed by atoms with van der Waals surface area (Å²) in [5.41, 5.74) is 3.07. The number of carbonyl (C=O) groups excluding carboxylic acids is 1. The topological polar surface area (TPSA) is 20.3 Å². The van der Waals surface area contributed by atoms with Crippen LogP contribution in [0.3, 0.4) is 0 Å². The second-order valence-corrected chi connectivity index (χ2v) is 3.70. The van der Waals surface area contributed by atoms with Crippen molar-refractivity contribution in [1.29, 1.82) is 0 Å². The van der Waals surface area contributed by atoms with E-state index in [4.69, 9.17) is 0 Å². The summed E-state index contributed by atoms with van der Waals surface area (Å²) in [6.07, 6.45) is 0.966. The van der Waals surface area contributed by atoms with Crippen LogP contribution in [0.1, 0.15) is 28.4 Å². The number of hydrogen-bond donors (Lipinski definition) is 0. The Hall–Kier alpha value is -1.31. The molecule has 0 heterocycles. The molecule has 1 rings (SSSR count). The fraction of sp³-hybridized carbons (Fsp3) is 0.417. The van der Waals surface area contributed by atoms with E-state index in [1.54, 1.807) is 19.0 Å². The summed E-state index contributed by atoms with van der Waals surface area (Å²) in [6.45, 7) is 4.06. The Morgan fingerprint density at radius 3 is 2.50 bits per heavy atom. The molecule has 1 aromatic rings. The highest BCUT2D eigenvalue weighted by Gasteiger charge is 2.10. The molecule has 0 aliphatic carbocycles. The Labute approximate surface area is 85.5 Å². The summed E-state index contributed by atoms with van der Waals surface area (Å²) < 4.78 is 0. The number of benzene rings is 1. The van der Waals surface area contributed by atoms with Crippen LogP contribution in [0.4, 0.5) is 0 Å². The van der Waals surface area contributed by atoms with Crippen LogP contribution >= 0.6 is 0 Å². The molecule has 1 aromatic carbocycles. The van der Waals surface area contributed by atoms with E-state index in [0.29, 0.717) is 0 Å². The molecule has 0 N–H and O–H groups in total. The molecule has 0 aliphatic heterocycles. The first kappa shape index (κ1) is 10.8. The van der Waals surface area contributed by atoms with E-state index in [2.05, 4.69) is 13.0 Å². The highest BCUT2D eigenvalue weighted by molar-refractivity contribution is 5.95. The van der Waals surface area contributed by atoms with Gasteiger partial charge in [-0.1, -0.05) is 19.1 Å². The molecule has 0 aromatic heterocycles. The maximum atomic E-state index is 11.8. The molecule has 0 saturated carbocycles. The number of rotatable bonds is 2. The van der Waals surface area contributed by atoms with Gasteiger partial charge in [-0.15, -0.1) is 0 Å². The molecular formula is C12H17NO. The van der Waals surface area contributed by atoms with Crippen LogP contribution in [-0.2, 0) is 6.42 Å². The number of aryl methyl sites for hydroxylation is 2. The average molecular weight is 191 g/mol. The molecule has 0 spiro atoms. The van der Waals surface area contributed by atoms with Crippen LogP contribution in [0.5, 0.6) is 0 Å². The van der Waals surface area contributed by atoms with Crippen LogP contribution in [0.2, 0.25) is 0 Å². The number of hydrogen-bond acceptors (Lipinski definition) is 1. The van der Waals surface area contributed by atoms with Gasteiger partial charge in [-0.25, -0.2) is 0 Å². The Morgan fingerprint density at radius 1 is 1.36 bits per heavy atom. The lowest BCUT2D eigenvalue weighted by Gasteiger charge is -2.13. The summed E-state index contributed by atoms with van der Waals surface area (Å²) in [4.78, 5) is 13.4. The SMILES string of the molecule is CCc1ccc(C)c(C(=O)N(C)C)c1. The van der Waals surface area contributed by atoms with Crippen molar-refractivity contribution in [1.82, 2.24) is 4.90 Å². The van der Waals surface area contributed by atoms with Crippen molar-refractivity contribution < 1.29 is 4.79 Å². The maximum Gasteiger partial charge on any atom is 0.253 e. The van der Waals surface area contributed by atoms with Crippen LogP contribution in [0, 0.1) is 6.92 Å². The van der Waals surface area contributed by atoms with E-state index < -0.39 is 0 Å². The molecule has 14 heavy (non-hydrogen) atoms. The molecule has 2 nitrogen and oxygen atoms in total. The number of nitrogens with zero attached hydrogens (tertiary/aromatic N) is 1. The van der Waals surface area contributed by atoms with Gasteiger partial charge in [0.2, 0.25) is 0 Å². The zero-order chi connectivity index (χ0) is 10.7. The summed E-state index contributed by atoms with van der Waals surface area (Å²) in [5, 5.41) is 0. The zero-order valence-corrected chi connectivity index (χ0v) is 9.29.